The van der Waals surface area contributed by atoms with Crippen molar-refractivity contribution in [1.29, 1.82) is 0 Å². The fraction of sp³-hybridized carbons (Fsp3) is 0.526. The molecule has 0 aliphatic heterocycles. The Bertz CT molecular complexity index is 763. The van der Waals surface area contributed by atoms with Gasteiger partial charge in [0, 0.05) is 43.0 Å². The number of carbonyl (C=O) groups excluding carboxylic acids is 1. The van der Waals surface area contributed by atoms with Crippen LogP contribution in [0.15, 0.2) is 29.5 Å². The minimum absolute atomic E-state index is 0.00630. The Balaban J connectivity index is 1.89. The summed E-state index contributed by atoms with van der Waals surface area (Å²) in [5.41, 5.74) is 1.36. The van der Waals surface area contributed by atoms with E-state index in [0.29, 0.717) is 36.6 Å². The van der Waals surface area contributed by atoms with E-state index in [1.165, 1.54) is 11.8 Å². The normalized spacial score (nSPS) is 18.5. The van der Waals surface area contributed by atoms with Crippen LogP contribution in [0.1, 0.15) is 33.1 Å². The van der Waals surface area contributed by atoms with Crippen LogP contribution >= 0.6 is 23.4 Å². The standard InChI is InChI=1S/C19H25ClF2N4OS/c1-4-25(17(27)8-11-28-10-7-15-12-19(15,21)22)16-13-26(24-18(16)20)14(2)6-5-9-23-3/h5-6,9,13,15H,3-4,7-8,10-12H2,1-2H3/b9-5-,14-6+. The summed E-state index contributed by atoms with van der Waals surface area (Å²) in [5, 5.41) is 4.50. The fourth-order valence-electron chi connectivity index (χ4n) is 2.71. The first kappa shape index (κ1) is 22.6. The Morgan fingerprint density at radius 3 is 2.89 bits per heavy atom. The molecule has 28 heavy (non-hydrogen) atoms. The molecule has 1 amide bonds. The van der Waals surface area contributed by atoms with Crippen LogP contribution in [0.5, 0.6) is 0 Å². The van der Waals surface area contributed by atoms with Crippen LogP contribution in [-0.2, 0) is 4.79 Å². The van der Waals surface area contributed by atoms with Gasteiger partial charge >= 0.3 is 0 Å². The van der Waals surface area contributed by atoms with E-state index in [0.717, 1.165) is 5.70 Å². The zero-order valence-corrected chi connectivity index (χ0v) is 17.6. The molecule has 2 rings (SSSR count). The summed E-state index contributed by atoms with van der Waals surface area (Å²) in [4.78, 5) is 17.8. The van der Waals surface area contributed by atoms with Gasteiger partial charge < -0.3 is 4.90 Å². The second kappa shape index (κ2) is 10.2. The summed E-state index contributed by atoms with van der Waals surface area (Å²) in [6, 6.07) is 0. The van der Waals surface area contributed by atoms with Crippen molar-refractivity contribution in [3.8, 4) is 0 Å². The van der Waals surface area contributed by atoms with Gasteiger partial charge in [0.15, 0.2) is 5.15 Å². The predicted octanol–water partition coefficient (Wildman–Crippen LogP) is 5.13. The molecular formula is C19H25ClF2N4OS. The molecule has 0 bridgehead atoms. The number of thioether (sulfide) groups is 1. The van der Waals surface area contributed by atoms with Crippen LogP contribution in [0.2, 0.25) is 5.15 Å². The van der Waals surface area contributed by atoms with Gasteiger partial charge in [-0.25, -0.2) is 13.5 Å². The van der Waals surface area contributed by atoms with Crippen LogP contribution in [0.25, 0.3) is 5.70 Å². The number of hydrogen-bond donors (Lipinski definition) is 0. The first-order valence-corrected chi connectivity index (χ1v) is 10.6. The number of amides is 1. The van der Waals surface area contributed by atoms with Crippen LogP contribution in [0, 0.1) is 5.92 Å². The maximum atomic E-state index is 12.9. The highest BCUT2D eigenvalue weighted by Gasteiger charge is 2.55. The van der Waals surface area contributed by atoms with Gasteiger partial charge in [-0.05, 0) is 44.9 Å². The number of aromatic nitrogens is 2. The smallest absolute Gasteiger partial charge is 0.251 e. The van der Waals surface area contributed by atoms with E-state index in [1.54, 1.807) is 34.1 Å². The van der Waals surface area contributed by atoms with E-state index in [9.17, 15) is 13.6 Å². The van der Waals surface area contributed by atoms with Crippen molar-refractivity contribution in [1.82, 2.24) is 9.78 Å². The Kier molecular flexibility index (Phi) is 8.24. The molecule has 1 aliphatic carbocycles. The number of anilines is 1. The van der Waals surface area contributed by atoms with Gasteiger partial charge in [0.05, 0.1) is 6.20 Å². The van der Waals surface area contributed by atoms with Gasteiger partial charge in [-0.2, -0.15) is 16.9 Å². The molecule has 5 nitrogen and oxygen atoms in total. The minimum Gasteiger partial charge on any atom is -0.308 e. The van der Waals surface area contributed by atoms with E-state index >= 15 is 0 Å². The number of aliphatic imine (C=N–C) groups is 1. The largest absolute Gasteiger partial charge is 0.308 e. The molecule has 1 aromatic rings. The fourth-order valence-corrected chi connectivity index (χ4v) is 3.92. The van der Waals surface area contributed by atoms with Crippen LogP contribution in [-0.4, -0.2) is 46.4 Å². The molecule has 9 heteroatoms. The SMILES string of the molecule is C=N/C=C\C=C(/C)n1cc(N(CC)C(=O)CCSCCC2CC2(F)F)c(Cl)n1. The van der Waals surface area contributed by atoms with E-state index in [4.69, 9.17) is 11.6 Å². The first-order chi connectivity index (χ1) is 13.3. The van der Waals surface area contributed by atoms with Crippen molar-refractivity contribution in [3.05, 3.63) is 29.7 Å². The summed E-state index contributed by atoms with van der Waals surface area (Å²) in [5.74, 6) is -1.75. The second-order valence-electron chi connectivity index (χ2n) is 6.53. The van der Waals surface area contributed by atoms with E-state index in [2.05, 4.69) is 16.8 Å². The van der Waals surface area contributed by atoms with Gasteiger partial charge in [-0.1, -0.05) is 11.6 Å². The first-order valence-electron chi connectivity index (χ1n) is 9.11. The van der Waals surface area contributed by atoms with Crippen molar-refractivity contribution >= 4 is 47.4 Å². The van der Waals surface area contributed by atoms with Gasteiger partial charge in [-0.3, -0.25) is 9.79 Å². The number of rotatable bonds is 11. The topological polar surface area (TPSA) is 50.5 Å². The van der Waals surface area contributed by atoms with Crippen molar-refractivity contribution in [2.75, 3.05) is 23.0 Å². The van der Waals surface area contributed by atoms with Crippen LogP contribution in [0.4, 0.5) is 14.5 Å². The molecule has 1 unspecified atom stereocenters. The monoisotopic (exact) mass is 430 g/mol. The van der Waals surface area contributed by atoms with Gasteiger partial charge in [0.25, 0.3) is 5.92 Å². The number of nitrogens with zero attached hydrogens (tertiary/aromatic N) is 4. The Morgan fingerprint density at radius 1 is 1.57 bits per heavy atom. The average Bonchev–Trinajstić information content (AvgIpc) is 3.07. The summed E-state index contributed by atoms with van der Waals surface area (Å²) in [6.45, 7) is 7.56. The quantitative estimate of drug-likeness (QED) is 0.277. The van der Waals surface area contributed by atoms with Crippen molar-refractivity contribution < 1.29 is 13.6 Å². The van der Waals surface area contributed by atoms with Crippen molar-refractivity contribution in [2.24, 2.45) is 10.9 Å². The highest BCUT2D eigenvalue weighted by atomic mass is 35.5. The molecule has 1 fully saturated rings. The molecule has 1 aliphatic rings. The molecular weight excluding hydrogens is 406 g/mol. The predicted molar refractivity (Wildman–Crippen MR) is 114 cm³/mol. The molecule has 1 aromatic heterocycles. The van der Waals surface area contributed by atoms with Crippen molar-refractivity contribution in [2.45, 2.75) is 39.0 Å². The lowest BCUT2D eigenvalue weighted by atomic mass is 10.3. The highest BCUT2D eigenvalue weighted by molar-refractivity contribution is 7.99. The Labute approximate surface area is 173 Å². The number of hydrogen-bond acceptors (Lipinski definition) is 4. The third-order valence-electron chi connectivity index (χ3n) is 4.48. The molecule has 1 atom stereocenters. The molecule has 0 saturated heterocycles. The van der Waals surface area contributed by atoms with Gasteiger partial charge in [-0.15, -0.1) is 0 Å². The van der Waals surface area contributed by atoms with Crippen LogP contribution < -0.4 is 4.90 Å². The maximum absolute atomic E-state index is 12.9. The van der Waals surface area contributed by atoms with E-state index in [-0.39, 0.29) is 17.5 Å². The minimum atomic E-state index is -2.46. The molecule has 1 heterocycles. The lowest BCUT2D eigenvalue weighted by Crippen LogP contribution is -2.30. The Hall–Kier alpha value is -1.67. The third kappa shape index (κ3) is 6.17. The molecule has 0 radical (unpaired) electrons. The van der Waals surface area contributed by atoms with E-state index < -0.39 is 11.8 Å². The summed E-state index contributed by atoms with van der Waals surface area (Å²) < 4.78 is 27.3. The highest BCUT2D eigenvalue weighted by Crippen LogP contribution is 2.50. The summed E-state index contributed by atoms with van der Waals surface area (Å²) >= 11 is 7.78. The number of alkyl halides is 2. The third-order valence-corrected chi connectivity index (χ3v) is 5.76. The Morgan fingerprint density at radius 2 is 2.29 bits per heavy atom. The lowest BCUT2D eigenvalue weighted by molar-refractivity contribution is -0.118. The van der Waals surface area contributed by atoms with Crippen LogP contribution in [0.3, 0.4) is 0 Å². The maximum Gasteiger partial charge on any atom is 0.251 e. The zero-order valence-electron chi connectivity index (χ0n) is 16.1. The summed E-state index contributed by atoms with van der Waals surface area (Å²) in [6.07, 6.45) is 7.64. The molecule has 1 saturated carbocycles. The number of carbonyl (C=O) groups is 1. The van der Waals surface area contributed by atoms with Crippen molar-refractivity contribution in [3.63, 3.8) is 0 Å². The summed E-state index contributed by atoms with van der Waals surface area (Å²) in [7, 11) is 0. The number of allylic oxidation sites excluding steroid dienone is 3. The molecule has 154 valence electrons. The molecule has 0 aromatic carbocycles. The van der Waals surface area contributed by atoms with Gasteiger partial charge in [0.2, 0.25) is 5.91 Å². The molecule has 0 spiro atoms. The molecule has 0 N–H and O–H groups in total. The van der Waals surface area contributed by atoms with Gasteiger partial charge in [0.1, 0.15) is 5.69 Å². The zero-order chi connectivity index (χ0) is 20.7. The number of halogens is 3. The second-order valence-corrected chi connectivity index (χ2v) is 8.12. The lowest BCUT2D eigenvalue weighted by Gasteiger charge is -2.19. The van der Waals surface area contributed by atoms with E-state index in [1.807, 2.05) is 13.8 Å². The average molecular weight is 431 g/mol.